The molecule has 1 heterocycles. The molecule has 1 aromatic carbocycles. The van der Waals surface area contributed by atoms with Crippen LogP contribution in [0.3, 0.4) is 0 Å². The molecule has 1 N–H and O–H groups in total. The monoisotopic (exact) mass is 239 g/mol. The van der Waals surface area contributed by atoms with Gasteiger partial charge < -0.3 is 14.7 Å². The molecule has 0 amide bonds. The minimum atomic E-state index is -0.264. The van der Waals surface area contributed by atoms with Crippen molar-refractivity contribution in [2.75, 3.05) is 26.2 Å². The second-order valence-corrected chi connectivity index (χ2v) is 4.34. The molecule has 1 aromatic rings. The number of likely N-dealkylation sites (tertiary alicyclic amines) is 1. The van der Waals surface area contributed by atoms with Gasteiger partial charge in [-0.3, -0.25) is 0 Å². The topological polar surface area (TPSA) is 32.7 Å². The maximum Gasteiger partial charge on any atom is 0.126 e. The second-order valence-electron chi connectivity index (χ2n) is 4.34. The molecule has 0 atom stereocenters. The van der Waals surface area contributed by atoms with E-state index >= 15 is 0 Å². The van der Waals surface area contributed by atoms with Gasteiger partial charge in [-0.15, -0.1) is 0 Å². The van der Waals surface area contributed by atoms with Gasteiger partial charge in [-0.2, -0.15) is 0 Å². The maximum absolute atomic E-state index is 13.0. The highest BCUT2D eigenvalue weighted by Gasteiger charge is 2.19. The summed E-state index contributed by atoms with van der Waals surface area (Å²) in [4.78, 5) is 2.21. The Morgan fingerprint density at radius 2 is 2.12 bits per heavy atom. The van der Waals surface area contributed by atoms with Gasteiger partial charge >= 0.3 is 0 Å². The summed E-state index contributed by atoms with van der Waals surface area (Å²) in [6, 6.07) is 6.27. The Morgan fingerprint density at radius 1 is 1.35 bits per heavy atom. The summed E-state index contributed by atoms with van der Waals surface area (Å²) < 4.78 is 18.7. The Bertz CT molecular complexity index is 351. The normalized spacial score (nSPS) is 18.2. The molecule has 4 heteroatoms. The molecule has 1 saturated heterocycles. The van der Waals surface area contributed by atoms with Crippen molar-refractivity contribution in [3.05, 3.63) is 30.1 Å². The molecule has 0 aromatic heterocycles. The van der Waals surface area contributed by atoms with Crippen molar-refractivity contribution >= 4 is 0 Å². The lowest BCUT2D eigenvalue weighted by Gasteiger charge is -2.31. The van der Waals surface area contributed by atoms with E-state index in [1.807, 2.05) is 0 Å². The third-order valence-corrected chi connectivity index (χ3v) is 3.05. The molecule has 1 fully saturated rings. The summed E-state index contributed by atoms with van der Waals surface area (Å²) in [6.45, 7) is 2.79. The first-order valence-corrected chi connectivity index (χ1v) is 6.03. The van der Waals surface area contributed by atoms with Gasteiger partial charge in [-0.05, 0) is 25.0 Å². The summed E-state index contributed by atoms with van der Waals surface area (Å²) in [5.41, 5.74) is 0. The van der Waals surface area contributed by atoms with E-state index in [9.17, 15) is 4.39 Å². The van der Waals surface area contributed by atoms with Gasteiger partial charge in [-0.1, -0.05) is 6.07 Å². The minimum Gasteiger partial charge on any atom is -0.490 e. The second kappa shape index (κ2) is 5.98. The lowest BCUT2D eigenvalue weighted by molar-refractivity contribution is 0.0887. The summed E-state index contributed by atoms with van der Waals surface area (Å²) >= 11 is 0. The summed E-state index contributed by atoms with van der Waals surface area (Å²) in [7, 11) is 0. The summed E-state index contributed by atoms with van der Waals surface area (Å²) in [5, 5.41) is 8.84. The summed E-state index contributed by atoms with van der Waals surface area (Å²) in [6.07, 6.45) is 2.01. The number of halogens is 1. The predicted molar refractivity (Wildman–Crippen MR) is 63.6 cm³/mol. The van der Waals surface area contributed by atoms with Crippen LogP contribution >= 0.6 is 0 Å². The van der Waals surface area contributed by atoms with Crippen LogP contribution in [0, 0.1) is 5.82 Å². The molecule has 0 spiro atoms. The van der Waals surface area contributed by atoms with Crippen LogP contribution in [0.25, 0.3) is 0 Å². The number of ether oxygens (including phenoxy) is 1. The molecule has 1 aliphatic heterocycles. The fourth-order valence-electron chi connectivity index (χ4n) is 2.12. The van der Waals surface area contributed by atoms with Crippen molar-refractivity contribution < 1.29 is 14.2 Å². The molecular formula is C13H18FNO2. The highest BCUT2D eigenvalue weighted by Crippen LogP contribution is 2.19. The largest absolute Gasteiger partial charge is 0.490 e. The number of aliphatic hydroxyl groups is 1. The first kappa shape index (κ1) is 12.3. The van der Waals surface area contributed by atoms with Crippen molar-refractivity contribution in [3.8, 4) is 5.75 Å². The Labute approximate surface area is 101 Å². The lowest BCUT2D eigenvalue weighted by Crippen LogP contribution is -2.39. The summed E-state index contributed by atoms with van der Waals surface area (Å²) in [5.74, 6) is 0.339. The Hall–Kier alpha value is -1.13. The highest BCUT2D eigenvalue weighted by molar-refractivity contribution is 5.22. The Morgan fingerprint density at radius 3 is 2.76 bits per heavy atom. The fourth-order valence-corrected chi connectivity index (χ4v) is 2.12. The number of aliphatic hydroxyl groups excluding tert-OH is 1. The quantitative estimate of drug-likeness (QED) is 0.867. The van der Waals surface area contributed by atoms with E-state index in [4.69, 9.17) is 9.84 Å². The molecule has 2 rings (SSSR count). The molecule has 1 aliphatic rings. The van der Waals surface area contributed by atoms with Crippen LogP contribution in [-0.4, -0.2) is 42.4 Å². The van der Waals surface area contributed by atoms with Crippen molar-refractivity contribution in [2.24, 2.45) is 0 Å². The van der Waals surface area contributed by atoms with Crippen LogP contribution in [0.2, 0.25) is 0 Å². The fraction of sp³-hybridized carbons (Fsp3) is 0.538. The van der Waals surface area contributed by atoms with E-state index in [0.29, 0.717) is 5.75 Å². The van der Waals surface area contributed by atoms with Crippen LogP contribution in [0.15, 0.2) is 24.3 Å². The third kappa shape index (κ3) is 3.68. The van der Waals surface area contributed by atoms with Gasteiger partial charge in [0, 0.05) is 25.7 Å². The van der Waals surface area contributed by atoms with Crippen LogP contribution in [0.4, 0.5) is 4.39 Å². The van der Waals surface area contributed by atoms with Gasteiger partial charge in [0.15, 0.2) is 0 Å². The number of β-amino-alcohol motifs (C(OH)–C–C–N with tert-alkyl or cyclic N) is 1. The number of benzene rings is 1. The molecule has 3 nitrogen and oxygen atoms in total. The Balaban J connectivity index is 1.82. The minimum absolute atomic E-state index is 0.159. The molecular weight excluding hydrogens is 221 g/mol. The van der Waals surface area contributed by atoms with Crippen LogP contribution < -0.4 is 4.74 Å². The zero-order valence-electron chi connectivity index (χ0n) is 9.81. The standard InChI is InChI=1S/C13H18FNO2/c14-11-2-1-3-13(10-11)17-12-4-6-15(7-5-12)8-9-16/h1-3,10,12,16H,4-9H2. The average Bonchev–Trinajstić information content (AvgIpc) is 2.32. The predicted octanol–water partition coefficient (Wildman–Crippen LogP) is 1.66. The number of hydrogen-bond donors (Lipinski definition) is 1. The molecule has 0 saturated carbocycles. The smallest absolute Gasteiger partial charge is 0.126 e. The molecule has 94 valence electrons. The average molecular weight is 239 g/mol. The van der Waals surface area contributed by atoms with Gasteiger partial charge in [0.2, 0.25) is 0 Å². The molecule has 0 unspecified atom stereocenters. The van der Waals surface area contributed by atoms with Gasteiger partial charge in [0.05, 0.1) is 6.61 Å². The van der Waals surface area contributed by atoms with E-state index in [0.717, 1.165) is 32.5 Å². The van der Waals surface area contributed by atoms with E-state index in [1.54, 1.807) is 12.1 Å². The zero-order valence-corrected chi connectivity index (χ0v) is 9.81. The molecule has 0 radical (unpaired) electrons. The maximum atomic E-state index is 13.0. The SMILES string of the molecule is OCCN1CCC(Oc2cccc(F)c2)CC1. The molecule has 0 aliphatic carbocycles. The van der Waals surface area contributed by atoms with E-state index < -0.39 is 0 Å². The van der Waals surface area contributed by atoms with E-state index in [1.165, 1.54) is 12.1 Å². The van der Waals surface area contributed by atoms with Gasteiger partial charge in [0.1, 0.15) is 17.7 Å². The first-order chi connectivity index (χ1) is 8.28. The van der Waals surface area contributed by atoms with Crippen molar-refractivity contribution in [1.82, 2.24) is 4.90 Å². The van der Waals surface area contributed by atoms with Crippen molar-refractivity contribution in [2.45, 2.75) is 18.9 Å². The lowest BCUT2D eigenvalue weighted by atomic mass is 10.1. The zero-order chi connectivity index (χ0) is 12.1. The van der Waals surface area contributed by atoms with Crippen LogP contribution in [0.1, 0.15) is 12.8 Å². The molecule has 0 bridgehead atoms. The highest BCUT2D eigenvalue weighted by atomic mass is 19.1. The number of piperidine rings is 1. The Kier molecular flexibility index (Phi) is 4.34. The van der Waals surface area contributed by atoms with E-state index in [-0.39, 0.29) is 18.5 Å². The van der Waals surface area contributed by atoms with Crippen molar-refractivity contribution in [1.29, 1.82) is 0 Å². The van der Waals surface area contributed by atoms with Crippen LogP contribution in [0.5, 0.6) is 5.75 Å². The number of rotatable bonds is 4. The van der Waals surface area contributed by atoms with Gasteiger partial charge in [-0.25, -0.2) is 4.39 Å². The first-order valence-electron chi connectivity index (χ1n) is 6.03. The number of nitrogens with zero attached hydrogens (tertiary/aromatic N) is 1. The molecule has 17 heavy (non-hydrogen) atoms. The van der Waals surface area contributed by atoms with Gasteiger partial charge in [0.25, 0.3) is 0 Å². The van der Waals surface area contributed by atoms with E-state index in [2.05, 4.69) is 4.90 Å². The van der Waals surface area contributed by atoms with Crippen molar-refractivity contribution in [3.63, 3.8) is 0 Å². The third-order valence-electron chi connectivity index (χ3n) is 3.05. The van der Waals surface area contributed by atoms with Crippen LogP contribution in [-0.2, 0) is 0 Å². The number of hydrogen-bond acceptors (Lipinski definition) is 3.